The average molecular weight is 234 g/mol. The van der Waals surface area contributed by atoms with Gasteiger partial charge < -0.3 is 15.8 Å². The van der Waals surface area contributed by atoms with E-state index in [-0.39, 0.29) is 12.0 Å². The van der Waals surface area contributed by atoms with Crippen LogP contribution in [0.5, 0.6) is 0 Å². The first-order valence-electron chi connectivity index (χ1n) is 5.97. The van der Waals surface area contributed by atoms with E-state index >= 15 is 0 Å². The van der Waals surface area contributed by atoms with Gasteiger partial charge in [0.15, 0.2) is 0 Å². The van der Waals surface area contributed by atoms with Crippen molar-refractivity contribution < 1.29 is 9.53 Å². The molecule has 0 aromatic heterocycles. The van der Waals surface area contributed by atoms with E-state index in [0.717, 1.165) is 24.0 Å². The Kier molecular flexibility index (Phi) is 4.12. The molecule has 1 aliphatic rings. The number of benzene rings is 1. The molecule has 3 N–H and O–H groups in total. The number of carbonyl (C=O) groups is 1. The summed E-state index contributed by atoms with van der Waals surface area (Å²) in [6.07, 6.45) is 1.53. The van der Waals surface area contributed by atoms with Gasteiger partial charge in [0.2, 0.25) is 5.91 Å². The molecular weight excluding hydrogens is 216 g/mol. The summed E-state index contributed by atoms with van der Waals surface area (Å²) in [6, 6.07) is 7.87. The number of hydrogen-bond donors (Lipinski definition) is 2. The maximum absolute atomic E-state index is 11.8. The normalized spacial score (nSPS) is 19.2. The molecule has 0 bridgehead atoms. The summed E-state index contributed by atoms with van der Waals surface area (Å²) in [5.74, 6) is -0.0191. The van der Waals surface area contributed by atoms with Crippen molar-refractivity contribution in [1.29, 1.82) is 0 Å². The molecule has 4 heteroatoms. The summed E-state index contributed by atoms with van der Waals surface area (Å²) in [7, 11) is 0. The van der Waals surface area contributed by atoms with Crippen LogP contribution in [0.4, 0.5) is 0 Å². The second-order valence-corrected chi connectivity index (χ2v) is 4.19. The zero-order chi connectivity index (χ0) is 12.1. The van der Waals surface area contributed by atoms with E-state index in [9.17, 15) is 4.79 Å². The highest BCUT2D eigenvalue weighted by Crippen LogP contribution is 2.12. The molecule has 0 spiro atoms. The Morgan fingerprint density at radius 2 is 2.18 bits per heavy atom. The highest BCUT2D eigenvalue weighted by atomic mass is 16.5. The number of carbonyl (C=O) groups excluding carboxylic acids is 1. The molecule has 0 saturated carbocycles. The van der Waals surface area contributed by atoms with Crippen LogP contribution in [-0.4, -0.2) is 18.6 Å². The van der Waals surface area contributed by atoms with Crippen LogP contribution in [0.1, 0.15) is 24.0 Å². The van der Waals surface area contributed by atoms with Gasteiger partial charge in [-0.25, -0.2) is 0 Å². The average Bonchev–Trinajstić information content (AvgIpc) is 2.90. The monoisotopic (exact) mass is 234 g/mol. The van der Waals surface area contributed by atoms with Gasteiger partial charge in [-0.05, 0) is 24.0 Å². The van der Waals surface area contributed by atoms with Gasteiger partial charge in [-0.1, -0.05) is 24.3 Å². The topological polar surface area (TPSA) is 64.3 Å². The second-order valence-electron chi connectivity index (χ2n) is 4.19. The summed E-state index contributed by atoms with van der Waals surface area (Å²) < 4.78 is 5.32. The lowest BCUT2D eigenvalue weighted by molar-refractivity contribution is -0.130. The first-order chi connectivity index (χ1) is 8.31. The molecule has 1 aliphatic heterocycles. The summed E-state index contributed by atoms with van der Waals surface area (Å²) in [5.41, 5.74) is 7.78. The van der Waals surface area contributed by atoms with Crippen molar-refractivity contribution in [2.75, 3.05) is 6.61 Å². The largest absolute Gasteiger partial charge is 0.368 e. The highest BCUT2D eigenvalue weighted by molar-refractivity contribution is 5.80. The van der Waals surface area contributed by atoms with Gasteiger partial charge in [0.25, 0.3) is 0 Å². The summed E-state index contributed by atoms with van der Waals surface area (Å²) in [6.45, 7) is 1.70. The van der Waals surface area contributed by atoms with Gasteiger partial charge in [0.05, 0.1) is 0 Å². The molecule has 17 heavy (non-hydrogen) atoms. The molecule has 1 aromatic carbocycles. The zero-order valence-corrected chi connectivity index (χ0v) is 9.82. The van der Waals surface area contributed by atoms with Crippen molar-refractivity contribution in [1.82, 2.24) is 5.32 Å². The first-order valence-corrected chi connectivity index (χ1v) is 5.97. The van der Waals surface area contributed by atoms with Crippen molar-refractivity contribution in [2.45, 2.75) is 32.0 Å². The van der Waals surface area contributed by atoms with Crippen LogP contribution in [0, 0.1) is 0 Å². The van der Waals surface area contributed by atoms with Gasteiger partial charge in [0, 0.05) is 19.7 Å². The van der Waals surface area contributed by atoms with Crippen LogP contribution < -0.4 is 11.1 Å². The molecule has 92 valence electrons. The Hall–Kier alpha value is -1.39. The van der Waals surface area contributed by atoms with Crippen molar-refractivity contribution in [3.63, 3.8) is 0 Å². The zero-order valence-electron chi connectivity index (χ0n) is 9.82. The number of rotatable bonds is 4. The van der Waals surface area contributed by atoms with E-state index in [1.165, 1.54) is 0 Å². The molecule has 0 radical (unpaired) electrons. The highest BCUT2D eigenvalue weighted by Gasteiger charge is 2.23. The van der Waals surface area contributed by atoms with Crippen LogP contribution in [0.25, 0.3) is 0 Å². The maximum Gasteiger partial charge on any atom is 0.249 e. The minimum atomic E-state index is -0.264. The molecule has 1 atom stereocenters. The van der Waals surface area contributed by atoms with Gasteiger partial charge in [-0.2, -0.15) is 0 Å². The quantitative estimate of drug-likeness (QED) is 0.815. The van der Waals surface area contributed by atoms with Crippen molar-refractivity contribution in [3.05, 3.63) is 35.4 Å². The lowest BCUT2D eigenvalue weighted by Crippen LogP contribution is -2.33. The fourth-order valence-electron chi connectivity index (χ4n) is 2.01. The maximum atomic E-state index is 11.8. The lowest BCUT2D eigenvalue weighted by atomic mass is 10.1. The van der Waals surface area contributed by atoms with E-state index in [1.807, 2.05) is 24.3 Å². The van der Waals surface area contributed by atoms with Crippen LogP contribution in [-0.2, 0) is 22.6 Å². The fraction of sp³-hybridized carbons (Fsp3) is 0.462. The van der Waals surface area contributed by atoms with Crippen molar-refractivity contribution in [3.8, 4) is 0 Å². The Morgan fingerprint density at radius 3 is 2.82 bits per heavy atom. The Labute approximate surface area is 101 Å². The van der Waals surface area contributed by atoms with E-state index in [1.54, 1.807) is 0 Å². The minimum Gasteiger partial charge on any atom is -0.368 e. The molecule has 2 rings (SSSR count). The number of nitrogens with one attached hydrogen (secondary N) is 1. The summed E-state index contributed by atoms with van der Waals surface area (Å²) >= 11 is 0. The Bertz CT molecular complexity index is 387. The molecular formula is C13H18N2O2. The summed E-state index contributed by atoms with van der Waals surface area (Å²) in [4.78, 5) is 11.8. The van der Waals surface area contributed by atoms with Gasteiger partial charge in [-0.3, -0.25) is 4.79 Å². The van der Waals surface area contributed by atoms with E-state index < -0.39 is 0 Å². The van der Waals surface area contributed by atoms with Crippen molar-refractivity contribution >= 4 is 5.91 Å². The third-order valence-corrected chi connectivity index (χ3v) is 3.01. The molecule has 1 heterocycles. The standard InChI is InChI=1S/C13H18N2O2/c14-8-10-4-1-2-5-11(10)9-15-13(16)12-6-3-7-17-12/h1-2,4-5,12H,3,6-9,14H2,(H,15,16). The molecule has 4 nitrogen and oxygen atoms in total. The molecule has 0 aliphatic carbocycles. The third-order valence-electron chi connectivity index (χ3n) is 3.01. The van der Waals surface area contributed by atoms with Gasteiger partial charge >= 0.3 is 0 Å². The Morgan fingerprint density at radius 1 is 1.41 bits per heavy atom. The molecule has 1 unspecified atom stereocenters. The number of amides is 1. The minimum absolute atomic E-state index is 0.0191. The van der Waals surface area contributed by atoms with Crippen LogP contribution in [0.2, 0.25) is 0 Å². The van der Waals surface area contributed by atoms with Crippen molar-refractivity contribution in [2.24, 2.45) is 5.73 Å². The van der Waals surface area contributed by atoms with Crippen LogP contribution in [0.15, 0.2) is 24.3 Å². The number of ether oxygens (including phenoxy) is 1. The van der Waals surface area contributed by atoms with E-state index in [4.69, 9.17) is 10.5 Å². The smallest absolute Gasteiger partial charge is 0.249 e. The molecule has 1 aromatic rings. The predicted octanol–water partition coefficient (Wildman–Crippen LogP) is 0.940. The first kappa shape index (κ1) is 12.1. The van der Waals surface area contributed by atoms with Crippen LogP contribution >= 0.6 is 0 Å². The van der Waals surface area contributed by atoms with Crippen LogP contribution in [0.3, 0.4) is 0 Å². The van der Waals surface area contributed by atoms with Gasteiger partial charge in [-0.15, -0.1) is 0 Å². The SMILES string of the molecule is NCc1ccccc1CNC(=O)C1CCCO1. The fourth-order valence-corrected chi connectivity index (χ4v) is 2.01. The van der Waals surface area contributed by atoms with E-state index in [0.29, 0.717) is 19.7 Å². The lowest BCUT2D eigenvalue weighted by Gasteiger charge is -2.12. The van der Waals surface area contributed by atoms with Gasteiger partial charge in [0.1, 0.15) is 6.10 Å². The molecule has 1 fully saturated rings. The Balaban J connectivity index is 1.90. The predicted molar refractivity (Wildman–Crippen MR) is 65.2 cm³/mol. The second kappa shape index (κ2) is 5.80. The number of nitrogens with two attached hydrogens (primary N) is 1. The van der Waals surface area contributed by atoms with E-state index in [2.05, 4.69) is 5.32 Å². The molecule has 1 amide bonds. The third kappa shape index (κ3) is 3.05. The summed E-state index contributed by atoms with van der Waals surface area (Å²) in [5, 5.41) is 2.90. The molecule has 1 saturated heterocycles. The number of hydrogen-bond acceptors (Lipinski definition) is 3.